The van der Waals surface area contributed by atoms with Gasteiger partial charge in [0.05, 0.1) is 6.26 Å². The van der Waals surface area contributed by atoms with Gasteiger partial charge in [-0.25, -0.2) is 5.01 Å². The van der Waals surface area contributed by atoms with Crippen LogP contribution in [0.1, 0.15) is 30.7 Å². The maximum absolute atomic E-state index is 5.44. The fraction of sp³-hybridized carbons (Fsp3) is 0.500. The Morgan fingerprint density at radius 3 is 3.22 bits per heavy atom. The number of rotatable bonds is 2. The summed E-state index contributed by atoms with van der Waals surface area (Å²) in [6, 6.07) is 4.07. The van der Waals surface area contributed by atoms with Crippen molar-refractivity contribution >= 4 is 11.1 Å². The molecule has 0 aromatic carbocycles. The first-order chi connectivity index (χ1) is 8.86. The Morgan fingerprint density at radius 1 is 1.39 bits per heavy atom. The number of fused-ring (bicyclic) bond motifs is 1. The van der Waals surface area contributed by atoms with Crippen LogP contribution in [0.25, 0.3) is 11.1 Å². The molecule has 0 radical (unpaired) electrons. The molecular weight excluding hydrogens is 226 g/mol. The summed E-state index contributed by atoms with van der Waals surface area (Å²) >= 11 is 0. The number of hydrogen-bond donors (Lipinski definition) is 1. The average Bonchev–Trinajstić information content (AvgIpc) is 2.74. The minimum atomic E-state index is 0.602. The van der Waals surface area contributed by atoms with Gasteiger partial charge in [-0.1, -0.05) is 0 Å². The van der Waals surface area contributed by atoms with Gasteiger partial charge in [-0.05, 0) is 43.9 Å². The molecule has 2 aromatic rings. The predicted octanol–water partition coefficient (Wildman–Crippen LogP) is 2.53. The Morgan fingerprint density at radius 2 is 2.33 bits per heavy atom. The second-order valence-electron chi connectivity index (χ2n) is 4.91. The molecule has 1 saturated heterocycles. The van der Waals surface area contributed by atoms with Gasteiger partial charge in [-0.2, -0.15) is 0 Å². The van der Waals surface area contributed by atoms with Crippen molar-refractivity contribution in [2.45, 2.75) is 25.2 Å². The fourth-order valence-corrected chi connectivity index (χ4v) is 2.74. The lowest BCUT2D eigenvalue weighted by Gasteiger charge is -2.18. The van der Waals surface area contributed by atoms with Crippen LogP contribution >= 0.6 is 0 Å². The van der Waals surface area contributed by atoms with Gasteiger partial charge in [0.2, 0.25) is 0 Å². The van der Waals surface area contributed by atoms with Crippen molar-refractivity contribution in [3.05, 3.63) is 30.2 Å². The first kappa shape index (κ1) is 11.7. The summed E-state index contributed by atoms with van der Waals surface area (Å²) < 4.78 is 5.44. The molecule has 4 heteroatoms. The highest BCUT2D eigenvalue weighted by Crippen LogP contribution is 2.29. The van der Waals surface area contributed by atoms with Crippen molar-refractivity contribution < 1.29 is 4.42 Å². The highest BCUT2D eigenvalue weighted by Gasteiger charge is 2.18. The zero-order chi connectivity index (χ0) is 12.4. The van der Waals surface area contributed by atoms with Crippen molar-refractivity contribution in [3.8, 4) is 0 Å². The second-order valence-corrected chi connectivity index (χ2v) is 4.91. The quantitative estimate of drug-likeness (QED) is 0.882. The topological polar surface area (TPSA) is 41.3 Å². The summed E-state index contributed by atoms with van der Waals surface area (Å²) in [6.45, 7) is 2.22. The number of hydrazine groups is 1. The third-order valence-corrected chi connectivity index (χ3v) is 3.84. The molecule has 0 amide bonds. The molecule has 96 valence electrons. The lowest BCUT2D eigenvalue weighted by molar-refractivity contribution is 0.216. The summed E-state index contributed by atoms with van der Waals surface area (Å²) in [5.74, 6) is 0.602. The molecule has 1 fully saturated rings. The van der Waals surface area contributed by atoms with Gasteiger partial charge >= 0.3 is 0 Å². The standard InChI is InChI=1S/C14H19N3O/c1-15-17-6-2-3-11(4-7-17)12-9-14-13(16-10-12)5-8-18-14/h5,8-11,15H,2-4,6-7H2,1H3/t11-/m0/s1. The lowest BCUT2D eigenvalue weighted by atomic mass is 9.93. The molecule has 18 heavy (non-hydrogen) atoms. The third-order valence-electron chi connectivity index (χ3n) is 3.84. The Kier molecular flexibility index (Phi) is 3.30. The van der Waals surface area contributed by atoms with E-state index in [0.29, 0.717) is 5.92 Å². The number of nitrogens with one attached hydrogen (secondary N) is 1. The number of furan rings is 1. The van der Waals surface area contributed by atoms with E-state index in [0.717, 1.165) is 24.2 Å². The Balaban J connectivity index is 1.80. The minimum Gasteiger partial charge on any atom is -0.463 e. The van der Waals surface area contributed by atoms with Crippen LogP contribution in [0.5, 0.6) is 0 Å². The molecule has 4 nitrogen and oxygen atoms in total. The molecule has 1 aliphatic heterocycles. The van der Waals surface area contributed by atoms with E-state index in [2.05, 4.69) is 21.5 Å². The second kappa shape index (κ2) is 5.08. The molecule has 3 heterocycles. The first-order valence-corrected chi connectivity index (χ1v) is 6.62. The predicted molar refractivity (Wildman–Crippen MR) is 71.2 cm³/mol. The van der Waals surface area contributed by atoms with Gasteiger partial charge in [0, 0.05) is 25.4 Å². The molecule has 1 aliphatic rings. The van der Waals surface area contributed by atoms with Gasteiger partial charge in [0.25, 0.3) is 0 Å². The van der Waals surface area contributed by atoms with E-state index in [1.165, 1.54) is 24.8 Å². The summed E-state index contributed by atoms with van der Waals surface area (Å²) in [5.41, 5.74) is 6.41. The molecule has 0 aliphatic carbocycles. The Hall–Kier alpha value is -1.39. The molecule has 2 aromatic heterocycles. The van der Waals surface area contributed by atoms with E-state index in [4.69, 9.17) is 4.42 Å². The highest BCUT2D eigenvalue weighted by atomic mass is 16.3. The zero-order valence-corrected chi connectivity index (χ0v) is 10.7. The van der Waals surface area contributed by atoms with E-state index >= 15 is 0 Å². The molecule has 0 spiro atoms. The summed E-state index contributed by atoms with van der Waals surface area (Å²) in [6.07, 6.45) is 7.34. The van der Waals surface area contributed by atoms with Crippen molar-refractivity contribution in [1.82, 2.24) is 15.4 Å². The summed E-state index contributed by atoms with van der Waals surface area (Å²) in [5, 5.41) is 2.29. The molecule has 1 N–H and O–H groups in total. The molecular formula is C14H19N3O. The van der Waals surface area contributed by atoms with Crippen LogP contribution in [0.2, 0.25) is 0 Å². The van der Waals surface area contributed by atoms with E-state index < -0.39 is 0 Å². The van der Waals surface area contributed by atoms with Gasteiger partial charge in [-0.3, -0.25) is 10.4 Å². The van der Waals surface area contributed by atoms with Gasteiger partial charge < -0.3 is 4.42 Å². The van der Waals surface area contributed by atoms with Crippen LogP contribution < -0.4 is 5.43 Å². The number of pyridine rings is 1. The van der Waals surface area contributed by atoms with Gasteiger partial charge in [0.15, 0.2) is 5.58 Å². The maximum Gasteiger partial charge on any atom is 0.152 e. The number of nitrogens with zero attached hydrogens (tertiary/aromatic N) is 2. The van der Waals surface area contributed by atoms with Crippen LogP contribution in [-0.2, 0) is 0 Å². The lowest BCUT2D eigenvalue weighted by Crippen LogP contribution is -2.35. The fourth-order valence-electron chi connectivity index (χ4n) is 2.74. The SMILES string of the molecule is CNN1CCC[C@H](c2cnc3ccoc3c2)CC1. The van der Waals surface area contributed by atoms with E-state index in [1.807, 2.05) is 19.3 Å². The molecule has 0 unspecified atom stereocenters. The van der Waals surface area contributed by atoms with E-state index in [9.17, 15) is 0 Å². The van der Waals surface area contributed by atoms with Crippen LogP contribution in [-0.4, -0.2) is 30.1 Å². The van der Waals surface area contributed by atoms with Gasteiger partial charge in [0.1, 0.15) is 5.52 Å². The monoisotopic (exact) mass is 245 g/mol. The normalized spacial score (nSPS) is 22.2. The van der Waals surface area contributed by atoms with Crippen molar-refractivity contribution in [2.75, 3.05) is 20.1 Å². The minimum absolute atomic E-state index is 0.602. The summed E-state index contributed by atoms with van der Waals surface area (Å²) in [4.78, 5) is 4.46. The van der Waals surface area contributed by atoms with Gasteiger partial charge in [-0.15, -0.1) is 0 Å². The van der Waals surface area contributed by atoms with Crippen LogP contribution in [0.4, 0.5) is 0 Å². The Bertz CT molecular complexity index is 522. The van der Waals surface area contributed by atoms with Crippen LogP contribution in [0.3, 0.4) is 0 Å². The molecule has 0 saturated carbocycles. The largest absolute Gasteiger partial charge is 0.463 e. The van der Waals surface area contributed by atoms with Crippen molar-refractivity contribution in [3.63, 3.8) is 0 Å². The smallest absolute Gasteiger partial charge is 0.152 e. The summed E-state index contributed by atoms with van der Waals surface area (Å²) in [7, 11) is 2.00. The van der Waals surface area contributed by atoms with Crippen LogP contribution in [0, 0.1) is 0 Å². The first-order valence-electron chi connectivity index (χ1n) is 6.62. The average molecular weight is 245 g/mol. The number of aromatic nitrogens is 1. The Labute approximate surface area is 107 Å². The third kappa shape index (κ3) is 2.26. The highest BCUT2D eigenvalue weighted by molar-refractivity contribution is 5.72. The van der Waals surface area contributed by atoms with E-state index in [1.54, 1.807) is 6.26 Å². The maximum atomic E-state index is 5.44. The molecule has 3 rings (SSSR count). The number of hydrogen-bond acceptors (Lipinski definition) is 4. The van der Waals surface area contributed by atoms with Crippen molar-refractivity contribution in [1.29, 1.82) is 0 Å². The van der Waals surface area contributed by atoms with E-state index in [-0.39, 0.29) is 0 Å². The molecule has 1 atom stereocenters. The van der Waals surface area contributed by atoms with Crippen LogP contribution in [0.15, 0.2) is 29.0 Å². The molecule has 0 bridgehead atoms. The van der Waals surface area contributed by atoms with Crippen molar-refractivity contribution in [2.24, 2.45) is 0 Å². The zero-order valence-electron chi connectivity index (χ0n) is 10.7.